The van der Waals surface area contributed by atoms with E-state index in [1.54, 1.807) is 30.2 Å². The molecule has 2 aliphatic carbocycles. The Hall–Kier alpha value is -4.23. The first-order valence-electron chi connectivity index (χ1n) is 24.6. The van der Waals surface area contributed by atoms with Gasteiger partial charge >= 0.3 is 6.09 Å². The summed E-state index contributed by atoms with van der Waals surface area (Å²) in [5, 5.41) is 27.6. The van der Waals surface area contributed by atoms with Crippen molar-refractivity contribution in [1.29, 1.82) is 0 Å². The van der Waals surface area contributed by atoms with Crippen molar-refractivity contribution in [3.63, 3.8) is 0 Å². The van der Waals surface area contributed by atoms with Crippen LogP contribution in [0.15, 0.2) is 96.6 Å². The summed E-state index contributed by atoms with van der Waals surface area (Å²) in [4.78, 5) is 28.4. The van der Waals surface area contributed by atoms with Crippen LogP contribution in [0.1, 0.15) is 139 Å². The summed E-state index contributed by atoms with van der Waals surface area (Å²) in [6.07, 6.45) is 27.3. The molecule has 2 aromatic carbocycles. The van der Waals surface area contributed by atoms with Crippen LogP contribution in [0.25, 0.3) is 0 Å². The molecule has 1 aliphatic heterocycles. The maximum Gasteiger partial charge on any atom is 0.412 e. The highest BCUT2D eigenvalue weighted by molar-refractivity contribution is 8.00. The van der Waals surface area contributed by atoms with E-state index in [1.807, 2.05) is 54.7 Å². The standard InChI is InChI=1S/C53H74N4O7S/c1-3-5-6-7-8-9-10-11-12-18-28-56-52(60)63-43-25-26-48-46(36-43)50-44(24-17-20-32-59)41(23-16-19-31-58)35-45-47(57-62-39-40-21-14-13-15-22-40)37-49(53(64-48,51(45)50)61-33-4-2)65-34-27-42-38-54-29-30-55-42/h4,13-15,21-22,25-26,29-30,35-36,38,41,44,49-51,58-59H,2-3,5-12,16-20,23-24,27-28,31-34,37,39H2,1H3,(H,56,60)/t41-,44+,49-,50+,51+,53+/m0/s1. The molecular weight excluding hydrogens is 837 g/mol. The molecule has 0 bridgehead atoms. The third kappa shape index (κ3) is 14.4. The van der Waals surface area contributed by atoms with Crippen molar-refractivity contribution in [2.24, 2.45) is 22.9 Å². The Morgan fingerprint density at radius 3 is 2.43 bits per heavy atom. The Balaban J connectivity index is 1.32. The molecule has 0 spiro atoms. The predicted octanol–water partition coefficient (Wildman–Crippen LogP) is 11.3. The smallest absolute Gasteiger partial charge is 0.412 e. The first-order valence-corrected chi connectivity index (χ1v) is 25.6. The maximum atomic E-state index is 13.3. The van der Waals surface area contributed by atoms with Crippen molar-refractivity contribution in [2.75, 3.05) is 32.1 Å². The minimum absolute atomic E-state index is 0.120. The molecule has 3 aromatic rings. The van der Waals surface area contributed by atoms with Gasteiger partial charge in [0, 0.05) is 62.7 Å². The Labute approximate surface area is 392 Å². The van der Waals surface area contributed by atoms with Crippen LogP contribution in [0.3, 0.4) is 0 Å². The van der Waals surface area contributed by atoms with Crippen molar-refractivity contribution in [1.82, 2.24) is 15.3 Å². The molecule has 0 saturated heterocycles. The molecule has 354 valence electrons. The second kappa shape index (κ2) is 27.4. The number of carbonyl (C=O) groups is 1. The van der Waals surface area contributed by atoms with Gasteiger partial charge in [0.1, 0.15) is 18.1 Å². The molecule has 6 rings (SSSR count). The van der Waals surface area contributed by atoms with Gasteiger partial charge in [-0.1, -0.05) is 125 Å². The van der Waals surface area contributed by atoms with Gasteiger partial charge in [0.05, 0.1) is 29.2 Å². The molecule has 1 amide bonds. The van der Waals surface area contributed by atoms with E-state index in [-0.39, 0.29) is 48.7 Å². The average molecular weight is 911 g/mol. The number of ether oxygens (including phenoxy) is 3. The van der Waals surface area contributed by atoms with Gasteiger partial charge in [-0.2, -0.15) is 11.8 Å². The highest BCUT2D eigenvalue weighted by atomic mass is 32.2. The highest BCUT2D eigenvalue weighted by Crippen LogP contribution is 2.62. The van der Waals surface area contributed by atoms with E-state index < -0.39 is 11.9 Å². The van der Waals surface area contributed by atoms with E-state index >= 15 is 0 Å². The minimum atomic E-state index is -1.11. The normalized spacial score (nSPS) is 22.6. The van der Waals surface area contributed by atoms with Gasteiger partial charge in [-0.05, 0) is 79.0 Å². The summed E-state index contributed by atoms with van der Waals surface area (Å²) in [7, 11) is 0. The molecule has 0 radical (unpaired) electrons. The van der Waals surface area contributed by atoms with Crippen molar-refractivity contribution in [3.8, 4) is 11.5 Å². The molecule has 6 atom stereocenters. The molecule has 2 heterocycles. The molecule has 65 heavy (non-hydrogen) atoms. The van der Waals surface area contributed by atoms with Crippen molar-refractivity contribution < 1.29 is 34.1 Å². The third-order valence-corrected chi connectivity index (χ3v) is 14.5. The summed E-state index contributed by atoms with van der Waals surface area (Å²) in [5.74, 6) is 0.637. The molecule has 3 N–H and O–H groups in total. The minimum Gasteiger partial charge on any atom is -0.460 e. The van der Waals surface area contributed by atoms with Crippen molar-refractivity contribution in [2.45, 2.75) is 146 Å². The molecule has 1 aromatic heterocycles. The largest absolute Gasteiger partial charge is 0.460 e. The van der Waals surface area contributed by atoms with Crippen molar-refractivity contribution >= 4 is 23.6 Å². The number of hydrogen-bond donors (Lipinski definition) is 3. The lowest BCUT2D eigenvalue weighted by molar-refractivity contribution is -0.223. The second-order valence-corrected chi connectivity index (χ2v) is 19.1. The van der Waals surface area contributed by atoms with Crippen LogP contribution < -0.4 is 14.8 Å². The number of rotatable bonds is 30. The van der Waals surface area contributed by atoms with Crippen LogP contribution >= 0.6 is 11.8 Å². The monoisotopic (exact) mass is 911 g/mol. The summed E-state index contributed by atoms with van der Waals surface area (Å²) in [6, 6.07) is 15.8. The molecule has 0 unspecified atom stereocenters. The number of nitrogens with zero attached hydrogens (tertiary/aromatic N) is 3. The van der Waals surface area contributed by atoms with Gasteiger partial charge in [-0.3, -0.25) is 9.97 Å². The SMILES string of the molecule is C=CCO[C@@]12Oc3ccc(OC(=O)NCCCCCCCCCCCC)cc3[C@H]3[C@H](CCCCO)[C@@H](CCCCO)C=C(C(=NOCc4ccccc4)C[C@@H]1SCCc1cnccn1)[C@H]32. The maximum absolute atomic E-state index is 13.3. The number of fused-ring (bicyclic) bond motifs is 2. The lowest BCUT2D eigenvalue weighted by atomic mass is 9.56. The van der Waals surface area contributed by atoms with Crippen LogP contribution in [-0.2, 0) is 22.6 Å². The molecular formula is C53H74N4O7S. The summed E-state index contributed by atoms with van der Waals surface area (Å²) < 4.78 is 20.4. The second-order valence-electron chi connectivity index (χ2n) is 17.8. The Bertz CT molecular complexity index is 1930. The molecule has 1 saturated carbocycles. The average Bonchev–Trinajstić information content (AvgIpc) is 3.32. The fourth-order valence-electron chi connectivity index (χ4n) is 10.0. The number of benzene rings is 2. The number of thioether (sulfide) groups is 1. The zero-order chi connectivity index (χ0) is 45.5. The number of carbonyl (C=O) groups excluding carboxylic acids is 1. The quantitative estimate of drug-likeness (QED) is 0.0336. The van der Waals surface area contributed by atoms with E-state index in [9.17, 15) is 15.0 Å². The molecule has 3 aliphatic rings. The van der Waals surface area contributed by atoms with Gasteiger partial charge < -0.3 is 34.6 Å². The van der Waals surface area contributed by atoms with Crippen LogP contribution in [0.2, 0.25) is 0 Å². The molecule has 12 heteroatoms. The summed E-state index contributed by atoms with van der Waals surface area (Å²) in [5.41, 5.74) is 4.84. The number of aliphatic hydroxyl groups is 2. The number of unbranched alkanes of at least 4 members (excludes halogenated alkanes) is 11. The van der Waals surface area contributed by atoms with Gasteiger partial charge in [-0.15, -0.1) is 6.58 Å². The number of aromatic nitrogens is 2. The number of oxime groups is 1. The first kappa shape index (κ1) is 50.2. The molecule has 11 nitrogen and oxygen atoms in total. The highest BCUT2D eigenvalue weighted by Gasteiger charge is 2.64. The third-order valence-electron chi connectivity index (χ3n) is 13.2. The number of amides is 1. The summed E-state index contributed by atoms with van der Waals surface area (Å²) in [6.45, 7) is 7.74. The van der Waals surface area contributed by atoms with E-state index in [2.05, 4.69) is 34.9 Å². The van der Waals surface area contributed by atoms with Crippen molar-refractivity contribution in [3.05, 3.63) is 108 Å². The van der Waals surface area contributed by atoms with Gasteiger partial charge in [-0.25, -0.2) is 4.79 Å². The zero-order valence-electron chi connectivity index (χ0n) is 38.8. The lowest BCUT2D eigenvalue weighted by Crippen LogP contribution is -2.64. The van der Waals surface area contributed by atoms with Gasteiger partial charge in [0.25, 0.3) is 0 Å². The molecule has 1 fully saturated rings. The van der Waals surface area contributed by atoms with E-state index in [0.29, 0.717) is 43.9 Å². The van der Waals surface area contributed by atoms with E-state index in [4.69, 9.17) is 24.2 Å². The fourth-order valence-corrected chi connectivity index (χ4v) is 11.4. The van der Waals surface area contributed by atoms with Gasteiger partial charge in [0.2, 0.25) is 5.79 Å². The zero-order valence-corrected chi connectivity index (χ0v) is 39.6. The van der Waals surface area contributed by atoms with Crippen LogP contribution in [0.5, 0.6) is 11.5 Å². The number of allylic oxidation sites excluding steroid dienone is 1. The number of hydrogen-bond acceptors (Lipinski definition) is 11. The van der Waals surface area contributed by atoms with Crippen LogP contribution in [0.4, 0.5) is 4.79 Å². The fraction of sp³-hybridized carbons (Fsp3) is 0.585. The first-order chi connectivity index (χ1) is 32.0. The number of aliphatic hydroxyl groups excluding tert-OH is 2. The van der Waals surface area contributed by atoms with Crippen LogP contribution in [-0.4, -0.2) is 75.1 Å². The number of aryl methyl sites for hydroxylation is 1. The Morgan fingerprint density at radius 2 is 1.71 bits per heavy atom. The van der Waals surface area contributed by atoms with E-state index in [0.717, 1.165) is 78.8 Å². The Kier molecular flexibility index (Phi) is 21.2. The topological polar surface area (TPSA) is 145 Å². The van der Waals surface area contributed by atoms with E-state index in [1.165, 1.54) is 51.4 Å². The Morgan fingerprint density at radius 1 is 0.954 bits per heavy atom. The van der Waals surface area contributed by atoms with Gasteiger partial charge in [0.15, 0.2) is 0 Å². The summed E-state index contributed by atoms with van der Waals surface area (Å²) >= 11 is 1.79. The lowest BCUT2D eigenvalue weighted by Gasteiger charge is -2.58. The predicted molar refractivity (Wildman–Crippen MR) is 260 cm³/mol. The number of nitrogens with one attached hydrogen (secondary N) is 1. The van der Waals surface area contributed by atoms with Crippen LogP contribution in [0, 0.1) is 17.8 Å².